The summed E-state index contributed by atoms with van der Waals surface area (Å²) in [7, 11) is 1.64. The maximum absolute atomic E-state index is 12.7. The molecule has 0 aromatic heterocycles. The Labute approximate surface area is 150 Å². The van der Waals surface area contributed by atoms with E-state index in [0.717, 1.165) is 31.5 Å². The van der Waals surface area contributed by atoms with Crippen LogP contribution >= 0.6 is 0 Å². The Morgan fingerprint density at radius 3 is 2.88 bits per heavy atom. The first-order valence-electron chi connectivity index (χ1n) is 9.18. The molecule has 1 aromatic carbocycles. The summed E-state index contributed by atoms with van der Waals surface area (Å²) in [5, 5.41) is 2.95. The van der Waals surface area contributed by atoms with E-state index in [4.69, 9.17) is 4.74 Å². The molecule has 25 heavy (non-hydrogen) atoms. The Hall–Kier alpha value is -1.88. The maximum atomic E-state index is 12.7. The third-order valence-electron chi connectivity index (χ3n) is 4.73. The summed E-state index contributed by atoms with van der Waals surface area (Å²) in [6, 6.07) is 7.91. The lowest BCUT2D eigenvalue weighted by Gasteiger charge is -2.23. The molecule has 2 amide bonds. The van der Waals surface area contributed by atoms with Crippen LogP contribution in [0.2, 0.25) is 0 Å². The van der Waals surface area contributed by atoms with E-state index < -0.39 is 0 Å². The van der Waals surface area contributed by atoms with Gasteiger partial charge in [-0.2, -0.15) is 0 Å². The number of likely N-dealkylation sites (tertiary alicyclic amines) is 1. The fourth-order valence-corrected chi connectivity index (χ4v) is 3.21. The summed E-state index contributed by atoms with van der Waals surface area (Å²) < 4.78 is 5.09. The van der Waals surface area contributed by atoms with Crippen molar-refractivity contribution in [1.29, 1.82) is 0 Å². The minimum Gasteiger partial charge on any atom is -0.383 e. The molecule has 0 bridgehead atoms. The summed E-state index contributed by atoms with van der Waals surface area (Å²) in [5.41, 5.74) is 1.99. The summed E-state index contributed by atoms with van der Waals surface area (Å²) in [5.74, 6) is 0.177. The fraction of sp³-hybridized carbons (Fsp3) is 0.600. The number of benzene rings is 1. The second-order valence-corrected chi connectivity index (χ2v) is 7.04. The number of amides is 2. The van der Waals surface area contributed by atoms with E-state index in [1.165, 1.54) is 5.56 Å². The summed E-state index contributed by atoms with van der Waals surface area (Å²) in [4.78, 5) is 26.9. The van der Waals surface area contributed by atoms with E-state index in [1.807, 2.05) is 23.1 Å². The molecule has 1 unspecified atom stereocenters. The van der Waals surface area contributed by atoms with Gasteiger partial charge in [-0.3, -0.25) is 9.59 Å². The molecule has 1 fully saturated rings. The smallest absolute Gasteiger partial charge is 0.226 e. The Bertz CT molecular complexity index is 586. The average molecular weight is 346 g/mol. The van der Waals surface area contributed by atoms with Gasteiger partial charge in [0.1, 0.15) is 0 Å². The molecular weight excluding hydrogens is 316 g/mol. The fourth-order valence-electron chi connectivity index (χ4n) is 3.21. The Morgan fingerprint density at radius 2 is 2.16 bits per heavy atom. The first-order chi connectivity index (χ1) is 12.0. The molecule has 5 nitrogen and oxygen atoms in total. The lowest BCUT2D eigenvalue weighted by molar-refractivity contribution is -0.137. The largest absolute Gasteiger partial charge is 0.383 e. The highest BCUT2D eigenvalue weighted by Crippen LogP contribution is 2.23. The second-order valence-electron chi connectivity index (χ2n) is 7.04. The quantitative estimate of drug-likeness (QED) is 0.823. The Morgan fingerprint density at radius 1 is 1.36 bits per heavy atom. The van der Waals surface area contributed by atoms with Crippen molar-refractivity contribution in [2.75, 3.05) is 32.1 Å². The van der Waals surface area contributed by atoms with Gasteiger partial charge in [0, 0.05) is 38.2 Å². The van der Waals surface area contributed by atoms with Crippen LogP contribution in [-0.4, -0.2) is 43.5 Å². The average Bonchev–Trinajstić information content (AvgIpc) is 2.75. The SMILES string of the molecule is COCCN1CCCCC(CC(=O)Nc2cccc(C(C)C)c2)C1=O. The molecule has 0 spiro atoms. The topological polar surface area (TPSA) is 58.6 Å². The van der Waals surface area contributed by atoms with Crippen LogP contribution in [-0.2, 0) is 14.3 Å². The van der Waals surface area contributed by atoms with Gasteiger partial charge in [0.15, 0.2) is 0 Å². The molecule has 1 heterocycles. The van der Waals surface area contributed by atoms with Gasteiger partial charge in [0.05, 0.1) is 6.61 Å². The third kappa shape index (κ3) is 5.85. The van der Waals surface area contributed by atoms with Gasteiger partial charge in [-0.05, 0) is 36.5 Å². The van der Waals surface area contributed by atoms with E-state index in [2.05, 4.69) is 25.2 Å². The van der Waals surface area contributed by atoms with Crippen LogP contribution in [0.4, 0.5) is 5.69 Å². The van der Waals surface area contributed by atoms with Crippen LogP contribution < -0.4 is 5.32 Å². The lowest BCUT2D eigenvalue weighted by Crippen LogP contribution is -2.38. The van der Waals surface area contributed by atoms with Crippen LogP contribution in [0.1, 0.15) is 51.0 Å². The van der Waals surface area contributed by atoms with Crippen LogP contribution in [0.25, 0.3) is 0 Å². The lowest BCUT2D eigenvalue weighted by atomic mass is 9.98. The highest BCUT2D eigenvalue weighted by atomic mass is 16.5. The van der Waals surface area contributed by atoms with Crippen molar-refractivity contribution in [3.8, 4) is 0 Å². The van der Waals surface area contributed by atoms with Crippen molar-refractivity contribution >= 4 is 17.5 Å². The maximum Gasteiger partial charge on any atom is 0.226 e. The molecule has 0 aliphatic carbocycles. The number of rotatable bonds is 7. The normalized spacial score (nSPS) is 18.3. The minimum absolute atomic E-state index is 0.0839. The molecule has 5 heteroatoms. The van der Waals surface area contributed by atoms with Gasteiger partial charge in [-0.25, -0.2) is 0 Å². The van der Waals surface area contributed by atoms with Crippen molar-refractivity contribution in [2.24, 2.45) is 5.92 Å². The molecule has 1 aliphatic heterocycles. The van der Waals surface area contributed by atoms with E-state index in [0.29, 0.717) is 19.1 Å². The standard InChI is InChI=1S/C20H30N2O3/c1-15(2)16-8-6-9-18(13-16)21-19(23)14-17-7-4-5-10-22(20(17)24)11-12-25-3/h6,8-9,13,15,17H,4-5,7,10-12,14H2,1-3H3,(H,21,23). The number of nitrogens with one attached hydrogen (secondary N) is 1. The number of carbonyl (C=O) groups is 2. The molecule has 1 N–H and O–H groups in total. The van der Waals surface area contributed by atoms with Gasteiger partial charge in [-0.15, -0.1) is 0 Å². The number of ether oxygens (including phenoxy) is 1. The third-order valence-corrected chi connectivity index (χ3v) is 4.73. The first-order valence-corrected chi connectivity index (χ1v) is 9.18. The van der Waals surface area contributed by atoms with Gasteiger partial charge in [-0.1, -0.05) is 32.4 Å². The van der Waals surface area contributed by atoms with Crippen LogP contribution in [0.5, 0.6) is 0 Å². The summed E-state index contributed by atoms with van der Waals surface area (Å²) in [6.07, 6.45) is 3.00. The second kappa shape index (κ2) is 9.56. The molecule has 1 aromatic rings. The molecule has 1 atom stereocenters. The number of hydrogen-bond acceptors (Lipinski definition) is 3. The van der Waals surface area contributed by atoms with Gasteiger partial charge < -0.3 is 15.0 Å². The van der Waals surface area contributed by atoms with Crippen LogP contribution in [0.15, 0.2) is 24.3 Å². The van der Waals surface area contributed by atoms with E-state index in [9.17, 15) is 9.59 Å². The summed E-state index contributed by atoms with van der Waals surface area (Å²) in [6.45, 7) is 6.15. The minimum atomic E-state index is -0.229. The number of methoxy groups -OCH3 is 1. The van der Waals surface area contributed by atoms with Crippen LogP contribution in [0, 0.1) is 5.92 Å². The van der Waals surface area contributed by atoms with E-state index in [1.54, 1.807) is 7.11 Å². The Balaban J connectivity index is 1.96. The predicted octanol–water partition coefficient (Wildman–Crippen LogP) is 3.41. The van der Waals surface area contributed by atoms with Crippen molar-refractivity contribution < 1.29 is 14.3 Å². The molecule has 0 saturated carbocycles. The molecule has 138 valence electrons. The van der Waals surface area contributed by atoms with E-state index >= 15 is 0 Å². The van der Waals surface area contributed by atoms with Crippen LogP contribution in [0.3, 0.4) is 0 Å². The van der Waals surface area contributed by atoms with E-state index in [-0.39, 0.29) is 24.2 Å². The number of anilines is 1. The number of nitrogens with zero attached hydrogens (tertiary/aromatic N) is 1. The zero-order valence-corrected chi connectivity index (χ0v) is 15.6. The van der Waals surface area contributed by atoms with Gasteiger partial charge in [0.2, 0.25) is 11.8 Å². The van der Waals surface area contributed by atoms with Gasteiger partial charge >= 0.3 is 0 Å². The van der Waals surface area contributed by atoms with Crippen molar-refractivity contribution in [3.63, 3.8) is 0 Å². The van der Waals surface area contributed by atoms with Crippen molar-refractivity contribution in [2.45, 2.75) is 45.4 Å². The zero-order valence-electron chi connectivity index (χ0n) is 15.6. The highest BCUT2D eigenvalue weighted by Gasteiger charge is 2.28. The first kappa shape index (κ1) is 19.4. The molecular formula is C20H30N2O3. The zero-order chi connectivity index (χ0) is 18.2. The van der Waals surface area contributed by atoms with Crippen molar-refractivity contribution in [1.82, 2.24) is 4.90 Å². The molecule has 1 saturated heterocycles. The predicted molar refractivity (Wildman–Crippen MR) is 99.6 cm³/mol. The molecule has 2 rings (SSSR count). The van der Waals surface area contributed by atoms with Crippen molar-refractivity contribution in [3.05, 3.63) is 29.8 Å². The number of carbonyl (C=O) groups excluding carboxylic acids is 2. The Kier molecular flexibility index (Phi) is 7.44. The monoisotopic (exact) mass is 346 g/mol. The molecule has 0 radical (unpaired) electrons. The highest BCUT2D eigenvalue weighted by molar-refractivity contribution is 5.94. The molecule has 1 aliphatic rings. The number of hydrogen-bond donors (Lipinski definition) is 1. The summed E-state index contributed by atoms with van der Waals surface area (Å²) >= 11 is 0. The van der Waals surface area contributed by atoms with Gasteiger partial charge in [0.25, 0.3) is 0 Å².